The van der Waals surface area contributed by atoms with E-state index in [1.54, 1.807) is 0 Å². The zero-order valence-corrected chi connectivity index (χ0v) is 15.2. The Morgan fingerprint density at radius 3 is 2.41 bits per heavy atom. The molecule has 4 nitrogen and oxygen atoms in total. The standard InChI is InChI=1S/C19H18F6N4/c20-13-5-15(22)14(21)4-12(13)11-2-1-10(3-16(11)26)29-7-9-6-27-18(19(23,24)25)28-17(9)8-29/h4-6,10-11,16H,1-3,7-8,26H2. The molecule has 0 saturated heterocycles. The molecule has 2 aromatic rings. The van der Waals surface area contributed by atoms with Crippen molar-refractivity contribution in [3.63, 3.8) is 0 Å². The Morgan fingerprint density at radius 1 is 1.00 bits per heavy atom. The molecule has 1 aliphatic heterocycles. The Morgan fingerprint density at radius 2 is 1.72 bits per heavy atom. The summed E-state index contributed by atoms with van der Waals surface area (Å²) >= 11 is 0. The van der Waals surface area contributed by atoms with Crippen molar-refractivity contribution in [3.8, 4) is 0 Å². The number of nitrogens with zero attached hydrogens (tertiary/aromatic N) is 3. The van der Waals surface area contributed by atoms with Crippen LogP contribution in [-0.4, -0.2) is 27.0 Å². The maximum atomic E-state index is 14.1. The highest BCUT2D eigenvalue weighted by molar-refractivity contribution is 5.27. The highest BCUT2D eigenvalue weighted by atomic mass is 19.4. The number of hydrogen-bond acceptors (Lipinski definition) is 4. The van der Waals surface area contributed by atoms with Gasteiger partial charge in [-0.05, 0) is 30.9 Å². The molecule has 3 unspecified atom stereocenters. The molecule has 0 amide bonds. The van der Waals surface area contributed by atoms with Gasteiger partial charge < -0.3 is 5.73 Å². The number of fused-ring (bicyclic) bond motifs is 1. The smallest absolute Gasteiger partial charge is 0.327 e. The zero-order valence-electron chi connectivity index (χ0n) is 15.2. The minimum absolute atomic E-state index is 0.0295. The molecule has 29 heavy (non-hydrogen) atoms. The third-order valence-electron chi connectivity index (χ3n) is 5.76. The molecular weight excluding hydrogens is 398 g/mol. The van der Waals surface area contributed by atoms with Crippen LogP contribution in [0.4, 0.5) is 26.3 Å². The minimum atomic E-state index is -4.60. The molecular formula is C19H18F6N4. The molecule has 3 atom stereocenters. The Balaban J connectivity index is 1.46. The van der Waals surface area contributed by atoms with Gasteiger partial charge in [-0.1, -0.05) is 0 Å². The maximum absolute atomic E-state index is 14.1. The molecule has 156 valence electrons. The summed E-state index contributed by atoms with van der Waals surface area (Å²) in [5.41, 5.74) is 7.26. The van der Waals surface area contributed by atoms with Crippen LogP contribution in [0.1, 0.15) is 47.8 Å². The molecule has 1 saturated carbocycles. The van der Waals surface area contributed by atoms with E-state index in [9.17, 15) is 26.3 Å². The normalized spacial score (nSPS) is 25.3. The van der Waals surface area contributed by atoms with Gasteiger partial charge >= 0.3 is 6.18 Å². The molecule has 10 heteroatoms. The topological polar surface area (TPSA) is 55.0 Å². The number of hydrogen-bond donors (Lipinski definition) is 1. The average molecular weight is 416 g/mol. The van der Waals surface area contributed by atoms with Crippen LogP contribution in [0.3, 0.4) is 0 Å². The molecule has 1 aromatic heterocycles. The molecule has 2 heterocycles. The lowest BCUT2D eigenvalue weighted by Crippen LogP contribution is -2.44. The molecule has 0 radical (unpaired) electrons. The molecule has 4 rings (SSSR count). The van der Waals surface area contributed by atoms with Gasteiger partial charge in [0.2, 0.25) is 5.82 Å². The van der Waals surface area contributed by atoms with E-state index in [1.807, 2.05) is 4.90 Å². The first-order valence-electron chi connectivity index (χ1n) is 9.19. The van der Waals surface area contributed by atoms with Gasteiger partial charge in [-0.2, -0.15) is 13.2 Å². The second kappa shape index (κ2) is 7.24. The summed E-state index contributed by atoms with van der Waals surface area (Å²) in [5, 5.41) is 0. The molecule has 1 aliphatic carbocycles. The van der Waals surface area contributed by atoms with Crippen LogP contribution in [0.25, 0.3) is 0 Å². The lowest BCUT2D eigenvalue weighted by molar-refractivity contribution is -0.145. The van der Waals surface area contributed by atoms with E-state index in [0.717, 1.165) is 6.07 Å². The van der Waals surface area contributed by atoms with Crippen LogP contribution in [0.15, 0.2) is 18.3 Å². The van der Waals surface area contributed by atoms with Crippen LogP contribution in [0, 0.1) is 17.5 Å². The van der Waals surface area contributed by atoms with Gasteiger partial charge in [-0.25, -0.2) is 23.1 Å². The molecule has 0 spiro atoms. The summed E-state index contributed by atoms with van der Waals surface area (Å²) in [5.74, 6) is -4.81. The van der Waals surface area contributed by atoms with Gasteiger partial charge in [0.25, 0.3) is 0 Å². The molecule has 2 N–H and O–H groups in total. The number of alkyl halides is 3. The second-order valence-electron chi connectivity index (χ2n) is 7.59. The molecule has 1 fully saturated rings. The zero-order chi connectivity index (χ0) is 20.9. The predicted molar refractivity (Wildman–Crippen MR) is 91.0 cm³/mol. The summed E-state index contributed by atoms with van der Waals surface area (Å²) in [4.78, 5) is 9.03. The highest BCUT2D eigenvalue weighted by Gasteiger charge is 2.39. The first-order chi connectivity index (χ1) is 13.6. The van der Waals surface area contributed by atoms with E-state index in [-0.39, 0.29) is 18.2 Å². The SMILES string of the molecule is NC1CC(N2Cc3cnc(C(F)(F)F)nc3C2)CCC1c1cc(F)c(F)cc1F. The third kappa shape index (κ3) is 3.83. The lowest BCUT2D eigenvalue weighted by atomic mass is 9.77. The van der Waals surface area contributed by atoms with Gasteiger partial charge in [0.05, 0.1) is 5.69 Å². The highest BCUT2D eigenvalue weighted by Crippen LogP contribution is 2.38. The monoisotopic (exact) mass is 416 g/mol. The summed E-state index contributed by atoms with van der Waals surface area (Å²) in [7, 11) is 0. The fourth-order valence-corrected chi connectivity index (χ4v) is 4.30. The number of aromatic nitrogens is 2. The van der Waals surface area contributed by atoms with Crippen LogP contribution in [-0.2, 0) is 19.3 Å². The van der Waals surface area contributed by atoms with Crippen molar-refractivity contribution < 1.29 is 26.3 Å². The van der Waals surface area contributed by atoms with Crippen molar-refractivity contribution in [2.24, 2.45) is 5.73 Å². The van der Waals surface area contributed by atoms with Crippen LogP contribution < -0.4 is 5.73 Å². The largest absolute Gasteiger partial charge is 0.451 e. The molecule has 0 bridgehead atoms. The predicted octanol–water partition coefficient (Wildman–Crippen LogP) is 3.89. The van der Waals surface area contributed by atoms with Crippen molar-refractivity contribution in [2.45, 2.75) is 56.5 Å². The first-order valence-corrected chi connectivity index (χ1v) is 9.19. The number of halogens is 6. The fraction of sp³-hybridized carbons (Fsp3) is 0.474. The maximum Gasteiger partial charge on any atom is 0.451 e. The van der Waals surface area contributed by atoms with E-state index < -0.39 is 41.4 Å². The second-order valence-corrected chi connectivity index (χ2v) is 7.59. The number of nitrogens with two attached hydrogens (primary N) is 1. The van der Waals surface area contributed by atoms with Crippen LogP contribution in [0.5, 0.6) is 0 Å². The number of rotatable bonds is 2. The Kier molecular flexibility index (Phi) is 5.02. The van der Waals surface area contributed by atoms with E-state index in [1.165, 1.54) is 6.20 Å². The summed E-state index contributed by atoms with van der Waals surface area (Å²) in [6.45, 7) is 0.664. The summed E-state index contributed by atoms with van der Waals surface area (Å²) < 4.78 is 79.3. The molecule has 2 aliphatic rings. The van der Waals surface area contributed by atoms with Crippen molar-refractivity contribution in [3.05, 3.63) is 58.4 Å². The summed E-state index contributed by atoms with van der Waals surface area (Å²) in [6.07, 6.45) is -1.88. The minimum Gasteiger partial charge on any atom is -0.327 e. The van der Waals surface area contributed by atoms with Crippen molar-refractivity contribution in [2.75, 3.05) is 0 Å². The van der Waals surface area contributed by atoms with Gasteiger partial charge in [-0.15, -0.1) is 0 Å². The Labute approximate surface area is 162 Å². The summed E-state index contributed by atoms with van der Waals surface area (Å²) in [6, 6.07) is 0.860. The quantitative estimate of drug-likeness (QED) is 0.596. The Hall–Kier alpha value is -2.20. The van der Waals surface area contributed by atoms with Crippen molar-refractivity contribution in [1.82, 2.24) is 14.9 Å². The molecule has 1 aromatic carbocycles. The van der Waals surface area contributed by atoms with E-state index >= 15 is 0 Å². The van der Waals surface area contributed by atoms with Gasteiger partial charge in [-0.3, -0.25) is 4.90 Å². The van der Waals surface area contributed by atoms with E-state index in [4.69, 9.17) is 5.73 Å². The Bertz CT molecular complexity index is 932. The first kappa shape index (κ1) is 20.1. The number of benzene rings is 1. The van der Waals surface area contributed by atoms with Crippen molar-refractivity contribution >= 4 is 0 Å². The van der Waals surface area contributed by atoms with Gasteiger partial charge in [0, 0.05) is 48.9 Å². The fourth-order valence-electron chi connectivity index (χ4n) is 4.30. The van der Waals surface area contributed by atoms with E-state index in [0.29, 0.717) is 43.1 Å². The van der Waals surface area contributed by atoms with E-state index in [2.05, 4.69) is 9.97 Å². The third-order valence-corrected chi connectivity index (χ3v) is 5.76. The lowest BCUT2D eigenvalue weighted by Gasteiger charge is -2.38. The van der Waals surface area contributed by atoms with Crippen molar-refractivity contribution in [1.29, 1.82) is 0 Å². The van der Waals surface area contributed by atoms with Gasteiger partial charge in [0.15, 0.2) is 11.6 Å². The van der Waals surface area contributed by atoms with Gasteiger partial charge in [0.1, 0.15) is 5.82 Å². The van der Waals surface area contributed by atoms with Crippen LogP contribution in [0.2, 0.25) is 0 Å². The average Bonchev–Trinajstić information content (AvgIpc) is 3.07. The van der Waals surface area contributed by atoms with Crippen LogP contribution >= 0.6 is 0 Å².